The molecule has 0 atom stereocenters. The number of ether oxygens (including phenoxy) is 2. The van der Waals surface area contributed by atoms with Crippen LogP contribution in [0.2, 0.25) is 0 Å². The molecule has 0 saturated carbocycles. The van der Waals surface area contributed by atoms with Crippen molar-refractivity contribution in [2.75, 3.05) is 27.3 Å². The first-order chi connectivity index (χ1) is 11.5. The van der Waals surface area contributed by atoms with Crippen molar-refractivity contribution in [3.8, 4) is 11.5 Å². The van der Waals surface area contributed by atoms with Gasteiger partial charge in [0.2, 0.25) is 0 Å². The Labute approximate surface area is 139 Å². The maximum Gasteiger partial charge on any atom is 0.256 e. The third-order valence-corrected chi connectivity index (χ3v) is 3.47. The van der Waals surface area contributed by atoms with E-state index in [9.17, 15) is 13.6 Å². The van der Waals surface area contributed by atoms with Gasteiger partial charge in [0.25, 0.3) is 5.91 Å². The molecule has 2 rings (SSSR count). The second-order valence-electron chi connectivity index (χ2n) is 5.23. The summed E-state index contributed by atoms with van der Waals surface area (Å²) in [6.45, 7) is 0.778. The fourth-order valence-electron chi connectivity index (χ4n) is 2.13. The molecule has 0 aliphatic carbocycles. The van der Waals surface area contributed by atoms with Crippen LogP contribution < -0.4 is 9.47 Å². The van der Waals surface area contributed by atoms with Gasteiger partial charge in [0, 0.05) is 19.7 Å². The molecule has 0 spiro atoms. The molecule has 1 amide bonds. The minimum absolute atomic E-state index is 0.00208. The molecule has 0 radical (unpaired) electrons. The zero-order chi connectivity index (χ0) is 17.5. The van der Waals surface area contributed by atoms with Crippen LogP contribution in [0.1, 0.15) is 16.8 Å². The third-order valence-electron chi connectivity index (χ3n) is 3.47. The highest BCUT2D eigenvalue weighted by Crippen LogP contribution is 2.17. The van der Waals surface area contributed by atoms with Gasteiger partial charge in [-0.3, -0.25) is 4.79 Å². The van der Waals surface area contributed by atoms with Crippen molar-refractivity contribution in [2.45, 2.75) is 6.42 Å². The Kier molecular flexibility index (Phi) is 6.12. The zero-order valence-corrected chi connectivity index (χ0v) is 13.6. The average molecular weight is 335 g/mol. The number of hydrogen-bond donors (Lipinski definition) is 0. The molecule has 0 heterocycles. The Morgan fingerprint density at radius 1 is 1.08 bits per heavy atom. The number of nitrogens with zero attached hydrogens (tertiary/aromatic N) is 1. The quantitative estimate of drug-likeness (QED) is 0.727. The molecule has 128 valence electrons. The van der Waals surface area contributed by atoms with Gasteiger partial charge in [-0.05, 0) is 42.8 Å². The van der Waals surface area contributed by atoms with Crippen LogP contribution in [0.3, 0.4) is 0 Å². The highest BCUT2D eigenvalue weighted by molar-refractivity contribution is 5.94. The maximum atomic E-state index is 13.9. The van der Waals surface area contributed by atoms with Crippen molar-refractivity contribution in [2.24, 2.45) is 0 Å². The molecule has 0 aliphatic heterocycles. The van der Waals surface area contributed by atoms with E-state index in [1.165, 1.54) is 48.4 Å². The van der Waals surface area contributed by atoms with Gasteiger partial charge in [-0.1, -0.05) is 0 Å². The first-order valence-corrected chi connectivity index (χ1v) is 7.48. The van der Waals surface area contributed by atoms with Crippen LogP contribution in [0.25, 0.3) is 0 Å². The van der Waals surface area contributed by atoms with Crippen LogP contribution in [-0.4, -0.2) is 38.1 Å². The van der Waals surface area contributed by atoms with Gasteiger partial charge in [-0.15, -0.1) is 0 Å². The Morgan fingerprint density at radius 3 is 2.38 bits per heavy atom. The lowest BCUT2D eigenvalue weighted by atomic mass is 10.1. The van der Waals surface area contributed by atoms with E-state index in [1.807, 2.05) is 0 Å². The van der Waals surface area contributed by atoms with Gasteiger partial charge in [0.15, 0.2) is 0 Å². The predicted molar refractivity (Wildman–Crippen MR) is 86.4 cm³/mol. The topological polar surface area (TPSA) is 38.8 Å². The van der Waals surface area contributed by atoms with E-state index in [1.54, 1.807) is 13.1 Å². The van der Waals surface area contributed by atoms with Crippen LogP contribution in [0.5, 0.6) is 11.5 Å². The average Bonchev–Trinajstić information content (AvgIpc) is 2.59. The van der Waals surface area contributed by atoms with Crippen LogP contribution in [0, 0.1) is 11.6 Å². The monoisotopic (exact) mass is 335 g/mol. The normalized spacial score (nSPS) is 10.3. The maximum absolute atomic E-state index is 13.9. The predicted octanol–water partition coefficient (Wildman–Crippen LogP) is 3.51. The van der Waals surface area contributed by atoms with Crippen LogP contribution in [0.4, 0.5) is 8.78 Å². The van der Waals surface area contributed by atoms with Crippen LogP contribution in [0.15, 0.2) is 42.5 Å². The summed E-state index contributed by atoms with van der Waals surface area (Å²) in [6, 6.07) is 9.84. The molecule has 2 aromatic rings. The first-order valence-electron chi connectivity index (χ1n) is 7.48. The first kappa shape index (κ1) is 17.7. The second-order valence-corrected chi connectivity index (χ2v) is 5.23. The van der Waals surface area contributed by atoms with Gasteiger partial charge in [0.1, 0.15) is 23.1 Å². The largest absolute Gasteiger partial charge is 0.497 e. The van der Waals surface area contributed by atoms with E-state index in [2.05, 4.69) is 0 Å². The zero-order valence-electron chi connectivity index (χ0n) is 13.6. The molecule has 0 unspecified atom stereocenters. The summed E-state index contributed by atoms with van der Waals surface area (Å²) in [4.78, 5) is 13.7. The standard InChI is InChI=1S/C18H19F2NO3/c1-21(10-3-11-24-14-6-4-13(19)5-7-14)18(22)16-9-8-15(23-2)12-17(16)20/h4-9,12H,3,10-11H2,1-2H3. The molecule has 4 nitrogen and oxygen atoms in total. The molecule has 0 bridgehead atoms. The fraction of sp³-hybridized carbons (Fsp3) is 0.278. The van der Waals surface area contributed by atoms with Gasteiger partial charge >= 0.3 is 0 Å². The van der Waals surface area contributed by atoms with Crippen molar-refractivity contribution in [3.63, 3.8) is 0 Å². The molecule has 2 aromatic carbocycles. The van der Waals surface area contributed by atoms with Crippen molar-refractivity contribution in [3.05, 3.63) is 59.7 Å². The van der Waals surface area contributed by atoms with E-state index in [0.717, 1.165) is 0 Å². The summed E-state index contributed by atoms with van der Waals surface area (Å²) < 4.78 is 37.1. The molecule has 0 aromatic heterocycles. The molecular weight excluding hydrogens is 316 g/mol. The highest BCUT2D eigenvalue weighted by atomic mass is 19.1. The molecule has 24 heavy (non-hydrogen) atoms. The van der Waals surface area contributed by atoms with Gasteiger partial charge in [-0.25, -0.2) is 8.78 Å². The number of carbonyl (C=O) groups is 1. The van der Waals surface area contributed by atoms with Crippen molar-refractivity contribution >= 4 is 5.91 Å². The summed E-state index contributed by atoms with van der Waals surface area (Å²) in [5.41, 5.74) is -0.00208. The molecule has 0 aliphatic rings. The van der Waals surface area contributed by atoms with Crippen LogP contribution >= 0.6 is 0 Å². The summed E-state index contributed by atoms with van der Waals surface area (Å²) in [7, 11) is 3.04. The van der Waals surface area contributed by atoms with Crippen molar-refractivity contribution in [1.82, 2.24) is 4.90 Å². The summed E-state index contributed by atoms with van der Waals surface area (Å²) >= 11 is 0. The van der Waals surface area contributed by atoms with E-state index in [-0.39, 0.29) is 11.4 Å². The lowest BCUT2D eigenvalue weighted by Gasteiger charge is -2.18. The number of carbonyl (C=O) groups excluding carboxylic acids is 1. The second kappa shape index (κ2) is 8.29. The smallest absolute Gasteiger partial charge is 0.256 e. The number of halogens is 2. The van der Waals surface area contributed by atoms with E-state index in [4.69, 9.17) is 9.47 Å². The third kappa shape index (κ3) is 4.68. The lowest BCUT2D eigenvalue weighted by Crippen LogP contribution is -2.29. The van der Waals surface area contributed by atoms with E-state index < -0.39 is 11.7 Å². The molecule has 0 saturated heterocycles. The fourth-order valence-corrected chi connectivity index (χ4v) is 2.13. The lowest BCUT2D eigenvalue weighted by molar-refractivity contribution is 0.0783. The van der Waals surface area contributed by atoms with Crippen LogP contribution in [-0.2, 0) is 0 Å². The summed E-state index contributed by atoms with van der Waals surface area (Å²) in [6.07, 6.45) is 0.567. The highest BCUT2D eigenvalue weighted by Gasteiger charge is 2.16. The van der Waals surface area contributed by atoms with E-state index in [0.29, 0.717) is 31.1 Å². The SMILES string of the molecule is COc1ccc(C(=O)N(C)CCCOc2ccc(F)cc2)c(F)c1. The van der Waals surface area contributed by atoms with Crippen molar-refractivity contribution < 1.29 is 23.0 Å². The number of methoxy groups -OCH3 is 1. The molecule has 6 heteroatoms. The van der Waals surface area contributed by atoms with Gasteiger partial charge < -0.3 is 14.4 Å². The summed E-state index contributed by atoms with van der Waals surface area (Å²) in [5.74, 6) is -0.425. The van der Waals surface area contributed by atoms with E-state index >= 15 is 0 Å². The van der Waals surface area contributed by atoms with Gasteiger partial charge in [-0.2, -0.15) is 0 Å². The molecular formula is C18H19F2NO3. The Morgan fingerprint density at radius 2 is 1.75 bits per heavy atom. The number of amides is 1. The minimum atomic E-state index is -0.617. The minimum Gasteiger partial charge on any atom is -0.497 e. The van der Waals surface area contributed by atoms with Crippen molar-refractivity contribution in [1.29, 1.82) is 0 Å². The Bertz CT molecular complexity index is 689. The Balaban J connectivity index is 1.82. The summed E-state index contributed by atoms with van der Waals surface area (Å²) in [5, 5.41) is 0. The van der Waals surface area contributed by atoms with Gasteiger partial charge in [0.05, 0.1) is 19.3 Å². The number of benzene rings is 2. The number of hydrogen-bond acceptors (Lipinski definition) is 3. The molecule has 0 N–H and O–H groups in total. The number of rotatable bonds is 7. The molecule has 0 fully saturated rings. The Hall–Kier alpha value is -2.63.